The van der Waals surface area contributed by atoms with E-state index in [1.54, 1.807) is 19.5 Å². The zero-order valence-corrected chi connectivity index (χ0v) is 25.9. The van der Waals surface area contributed by atoms with Crippen LogP contribution in [0, 0.1) is 0 Å². The molecule has 2 aromatic carbocycles. The van der Waals surface area contributed by atoms with Gasteiger partial charge in [-0.3, -0.25) is 15.2 Å². The molecule has 0 radical (unpaired) electrons. The van der Waals surface area contributed by atoms with E-state index in [2.05, 4.69) is 51.5 Å². The van der Waals surface area contributed by atoms with Crippen LogP contribution in [0.3, 0.4) is 0 Å². The smallest absolute Gasteiger partial charge is 0.251 e. The third-order valence-corrected chi connectivity index (χ3v) is 8.53. The first kappa shape index (κ1) is 31.2. The number of para-hydroxylation sites is 1. The van der Waals surface area contributed by atoms with Crippen molar-refractivity contribution in [2.75, 3.05) is 38.7 Å². The van der Waals surface area contributed by atoms with Crippen molar-refractivity contribution in [3.63, 3.8) is 0 Å². The summed E-state index contributed by atoms with van der Waals surface area (Å²) >= 11 is 0. The van der Waals surface area contributed by atoms with Gasteiger partial charge in [0.2, 0.25) is 0 Å². The Balaban J connectivity index is 1.33. The van der Waals surface area contributed by atoms with E-state index in [4.69, 9.17) is 14.6 Å². The van der Waals surface area contributed by atoms with Crippen LogP contribution in [0.25, 0.3) is 0 Å². The molecule has 1 saturated heterocycles. The zero-order chi connectivity index (χ0) is 31.0. The van der Waals surface area contributed by atoms with Crippen LogP contribution in [0.5, 0.6) is 5.75 Å². The fraction of sp³-hybridized carbons (Fsp3) is 0.412. The number of nitrogens with one attached hydrogen (secondary N) is 3. The number of hydrogen-bond acceptors (Lipinski definition) is 8. The van der Waals surface area contributed by atoms with Gasteiger partial charge in [-0.05, 0) is 63.4 Å². The molecule has 0 aliphatic carbocycles. The highest BCUT2D eigenvalue weighted by atomic mass is 16.5. The molecule has 10 nitrogen and oxygen atoms in total. The zero-order valence-electron chi connectivity index (χ0n) is 25.9. The quantitative estimate of drug-likeness (QED) is 0.123. The van der Waals surface area contributed by atoms with Gasteiger partial charge in [0.15, 0.2) is 5.84 Å². The van der Waals surface area contributed by atoms with Gasteiger partial charge < -0.3 is 25.0 Å². The number of ether oxygens (including phenoxy) is 2. The van der Waals surface area contributed by atoms with Crippen LogP contribution in [0.15, 0.2) is 83.2 Å². The number of piperidine rings is 1. The number of nitrogens with zero attached hydrogens (tertiary/aromatic N) is 4. The second-order valence-corrected chi connectivity index (χ2v) is 12.0. The molecule has 3 N–H and O–H groups in total. The number of hydrazone groups is 1. The molecule has 1 aromatic heterocycles. The number of amidine groups is 1. The van der Waals surface area contributed by atoms with Crippen LogP contribution < -0.4 is 20.8 Å². The van der Waals surface area contributed by atoms with Gasteiger partial charge in [0, 0.05) is 80.8 Å². The van der Waals surface area contributed by atoms with Gasteiger partial charge in [-0.1, -0.05) is 24.3 Å². The molecule has 1 amide bonds. The van der Waals surface area contributed by atoms with E-state index in [1.807, 2.05) is 60.7 Å². The first-order chi connectivity index (χ1) is 21.3. The molecule has 1 fully saturated rings. The van der Waals surface area contributed by atoms with E-state index >= 15 is 0 Å². The summed E-state index contributed by atoms with van der Waals surface area (Å²) in [5.41, 5.74) is 5.93. The Hall–Kier alpha value is -4.28. The summed E-state index contributed by atoms with van der Waals surface area (Å²) in [6.07, 6.45) is 6.64. The predicted molar refractivity (Wildman–Crippen MR) is 174 cm³/mol. The molecular formula is C34H43N7O3. The molecular weight excluding hydrogens is 554 g/mol. The molecule has 44 heavy (non-hydrogen) atoms. The van der Waals surface area contributed by atoms with Crippen LogP contribution in [-0.2, 0) is 4.74 Å². The molecule has 3 aromatic rings. The van der Waals surface area contributed by atoms with Gasteiger partial charge in [0.05, 0.1) is 18.2 Å². The fourth-order valence-electron chi connectivity index (χ4n) is 5.55. The monoisotopic (exact) mass is 597 g/mol. The van der Waals surface area contributed by atoms with Gasteiger partial charge in [0.25, 0.3) is 5.91 Å². The van der Waals surface area contributed by atoms with Gasteiger partial charge in [-0.2, -0.15) is 5.10 Å². The third-order valence-electron chi connectivity index (χ3n) is 8.53. The summed E-state index contributed by atoms with van der Waals surface area (Å²) in [7, 11) is 1.76. The van der Waals surface area contributed by atoms with E-state index < -0.39 is 5.66 Å². The van der Waals surface area contributed by atoms with Crippen molar-refractivity contribution in [1.29, 1.82) is 0 Å². The molecule has 0 saturated carbocycles. The standard InChI is InChI=1S/C34H43N7O3/c1-33(2,43-4)15-20-41-21-16-34(17-22-41,40-39-31(35-3)25-12-18-36-19-13-25)38-27-9-7-8-26(24-27)32(42)37-29-14-23-44-30-11-6-5-10-28(29)30/h5-13,18-19,24,29,38,40H,3,14-17,20-23H2,1-2,4H3,(H,37,42)/b39-31-. The third kappa shape index (κ3) is 7.81. The second-order valence-electron chi connectivity index (χ2n) is 12.0. The molecule has 1 unspecified atom stereocenters. The van der Waals surface area contributed by atoms with Gasteiger partial charge >= 0.3 is 0 Å². The van der Waals surface area contributed by atoms with Crippen LogP contribution in [0.4, 0.5) is 5.69 Å². The molecule has 0 bridgehead atoms. The van der Waals surface area contributed by atoms with E-state index in [9.17, 15) is 4.79 Å². The normalized spacial score (nSPS) is 18.4. The number of amides is 1. The summed E-state index contributed by atoms with van der Waals surface area (Å²) < 4.78 is 11.4. The Morgan fingerprint density at radius 3 is 2.64 bits per heavy atom. The van der Waals surface area contributed by atoms with Crippen molar-refractivity contribution in [3.8, 4) is 5.75 Å². The van der Waals surface area contributed by atoms with Crippen LogP contribution >= 0.6 is 0 Å². The number of carbonyl (C=O) groups excluding carboxylic acids is 1. The molecule has 232 valence electrons. The summed E-state index contributed by atoms with van der Waals surface area (Å²) in [5, 5.41) is 11.6. The highest BCUT2D eigenvalue weighted by molar-refractivity contribution is 6.01. The van der Waals surface area contributed by atoms with E-state index in [1.165, 1.54) is 0 Å². The number of rotatable bonds is 11. The summed E-state index contributed by atoms with van der Waals surface area (Å²) in [6, 6.07) is 19.1. The molecule has 0 spiro atoms. The topological polar surface area (TPSA) is 112 Å². The number of carbonyl (C=O) groups is 1. The number of hydrogen-bond donors (Lipinski definition) is 3. The molecule has 2 aliphatic heterocycles. The largest absolute Gasteiger partial charge is 0.493 e. The second kappa shape index (κ2) is 14.0. The Bertz CT molecular complexity index is 1450. The first-order valence-electron chi connectivity index (χ1n) is 15.2. The van der Waals surface area contributed by atoms with Gasteiger partial charge in [-0.15, -0.1) is 0 Å². The number of benzene rings is 2. The number of likely N-dealkylation sites (tertiary alicyclic amines) is 1. The molecule has 1 atom stereocenters. The van der Waals surface area contributed by atoms with Gasteiger partial charge in [-0.25, -0.2) is 4.99 Å². The van der Waals surface area contributed by atoms with Crippen molar-refractivity contribution < 1.29 is 14.3 Å². The number of fused-ring (bicyclic) bond motifs is 1. The highest BCUT2D eigenvalue weighted by Gasteiger charge is 2.35. The van der Waals surface area contributed by atoms with E-state index in [0.717, 1.165) is 67.9 Å². The maximum absolute atomic E-state index is 13.4. The fourth-order valence-corrected chi connectivity index (χ4v) is 5.55. The minimum Gasteiger partial charge on any atom is -0.493 e. The molecule has 2 aliphatic rings. The molecule has 10 heteroatoms. The van der Waals surface area contributed by atoms with Crippen LogP contribution in [0.2, 0.25) is 0 Å². The average molecular weight is 598 g/mol. The molecule has 3 heterocycles. The highest BCUT2D eigenvalue weighted by Crippen LogP contribution is 2.32. The predicted octanol–water partition coefficient (Wildman–Crippen LogP) is 5.01. The van der Waals surface area contributed by atoms with E-state index in [0.29, 0.717) is 18.0 Å². The SMILES string of the molecule is C=N/C(=N\NC1(Nc2cccc(C(=O)NC3CCOc4ccccc43)c2)CCN(CCC(C)(C)OC)CC1)c1ccncc1. The van der Waals surface area contributed by atoms with Crippen LogP contribution in [0.1, 0.15) is 67.1 Å². The summed E-state index contributed by atoms with van der Waals surface area (Å²) in [6.45, 7) is 11.2. The lowest BCUT2D eigenvalue weighted by atomic mass is 9.95. The lowest BCUT2D eigenvalue weighted by molar-refractivity contribution is 0.00404. The maximum atomic E-state index is 13.4. The first-order valence-corrected chi connectivity index (χ1v) is 15.2. The minimum absolute atomic E-state index is 0.100. The summed E-state index contributed by atoms with van der Waals surface area (Å²) in [5.74, 6) is 1.19. The number of aliphatic imine (C=N–C) groups is 1. The van der Waals surface area contributed by atoms with Crippen molar-refractivity contribution in [3.05, 3.63) is 89.7 Å². The Kier molecular flexibility index (Phi) is 9.92. The Morgan fingerprint density at radius 2 is 1.89 bits per heavy atom. The Labute approximate surface area is 260 Å². The summed E-state index contributed by atoms with van der Waals surface area (Å²) in [4.78, 5) is 24.1. The lowest BCUT2D eigenvalue weighted by Crippen LogP contribution is -2.57. The average Bonchev–Trinajstić information content (AvgIpc) is 3.05. The van der Waals surface area contributed by atoms with Crippen molar-refractivity contribution in [2.24, 2.45) is 10.1 Å². The maximum Gasteiger partial charge on any atom is 0.251 e. The lowest BCUT2D eigenvalue weighted by Gasteiger charge is -2.43. The number of aromatic nitrogens is 1. The minimum atomic E-state index is -0.564. The van der Waals surface area contributed by atoms with Crippen molar-refractivity contribution >= 4 is 24.1 Å². The van der Waals surface area contributed by atoms with Crippen LogP contribution in [-0.4, -0.2) is 73.0 Å². The molecule has 5 rings (SSSR count). The Morgan fingerprint density at radius 1 is 1.11 bits per heavy atom. The van der Waals surface area contributed by atoms with Crippen molar-refractivity contribution in [2.45, 2.75) is 56.8 Å². The van der Waals surface area contributed by atoms with E-state index in [-0.39, 0.29) is 17.6 Å². The van der Waals surface area contributed by atoms with Gasteiger partial charge in [0.1, 0.15) is 11.4 Å². The number of pyridine rings is 1. The van der Waals surface area contributed by atoms with Crippen molar-refractivity contribution in [1.82, 2.24) is 20.6 Å². The number of methoxy groups -OCH3 is 1. The number of anilines is 1.